The topological polar surface area (TPSA) is 102 Å². The number of hydrogen-bond donors (Lipinski definition) is 4. The maximum Gasteiger partial charge on any atom is 0.490 e. The molecule has 0 spiro atoms. The lowest BCUT2D eigenvalue weighted by Gasteiger charge is -2.24. The van der Waals surface area contributed by atoms with Crippen molar-refractivity contribution in [1.29, 1.82) is 0 Å². The van der Waals surface area contributed by atoms with Crippen molar-refractivity contribution in [3.63, 3.8) is 0 Å². The van der Waals surface area contributed by atoms with E-state index in [1.54, 1.807) is 0 Å². The number of carboxylic acids is 2. The van der Waals surface area contributed by atoms with Gasteiger partial charge in [0.2, 0.25) is 0 Å². The van der Waals surface area contributed by atoms with E-state index in [1.165, 1.54) is 11.4 Å². The lowest BCUT2D eigenvalue weighted by atomic mass is 10.1. The summed E-state index contributed by atoms with van der Waals surface area (Å²) >= 11 is 0. The minimum absolute atomic E-state index is 1.08. The molecule has 2 aliphatic rings. The van der Waals surface area contributed by atoms with Gasteiger partial charge in [0, 0.05) is 33.2 Å². The molecule has 140 valence electrons. The molecule has 0 aromatic heterocycles. The lowest BCUT2D eigenvalue weighted by molar-refractivity contribution is -0.193. The van der Waals surface area contributed by atoms with E-state index in [1.807, 2.05) is 0 Å². The van der Waals surface area contributed by atoms with Crippen LogP contribution in [0, 0.1) is 0 Å². The molecule has 0 radical (unpaired) electrons. The summed E-state index contributed by atoms with van der Waals surface area (Å²) in [4.78, 5) is 20.1. The highest BCUT2D eigenvalue weighted by atomic mass is 19.4. The Morgan fingerprint density at radius 3 is 1.54 bits per heavy atom. The monoisotopic (exact) mass is 367 g/mol. The normalized spacial score (nSPS) is 16.9. The van der Waals surface area contributed by atoms with Gasteiger partial charge in [-0.2, -0.15) is 26.3 Å². The number of carbonyl (C=O) groups is 2. The Kier molecular flexibility index (Phi) is 7.83. The van der Waals surface area contributed by atoms with Gasteiger partial charge in [-0.25, -0.2) is 9.59 Å². The molecule has 0 aromatic rings. The van der Waals surface area contributed by atoms with E-state index in [0.29, 0.717) is 0 Å². The molecule has 0 saturated carbocycles. The molecular weight excluding hydrogens is 352 g/mol. The number of likely N-dealkylation sites (N-methyl/N-ethyl adjacent to an activating group) is 1. The Morgan fingerprint density at radius 2 is 1.38 bits per heavy atom. The molecular formula is C11H15F6N3O4. The molecule has 0 atom stereocenters. The molecule has 24 heavy (non-hydrogen) atoms. The van der Waals surface area contributed by atoms with Crippen LogP contribution in [0.2, 0.25) is 0 Å². The van der Waals surface area contributed by atoms with Crippen molar-refractivity contribution in [2.24, 2.45) is 0 Å². The Balaban J connectivity index is 0.000000343. The second-order valence-electron chi connectivity index (χ2n) is 4.51. The number of halogens is 6. The number of alkyl halides is 6. The minimum Gasteiger partial charge on any atom is -0.475 e. The first-order chi connectivity index (χ1) is 10.8. The fourth-order valence-electron chi connectivity index (χ4n) is 1.40. The van der Waals surface area contributed by atoms with Crippen LogP contribution in [-0.4, -0.2) is 72.6 Å². The first-order valence-electron chi connectivity index (χ1n) is 6.24. The van der Waals surface area contributed by atoms with Gasteiger partial charge < -0.3 is 25.7 Å². The highest BCUT2D eigenvalue weighted by molar-refractivity contribution is 5.73. The molecule has 13 heteroatoms. The number of nitrogens with one attached hydrogen (secondary N) is 2. The number of aliphatic carboxylic acids is 2. The first kappa shape index (κ1) is 21.8. The third kappa shape index (κ3) is 7.89. The van der Waals surface area contributed by atoms with E-state index >= 15 is 0 Å². The van der Waals surface area contributed by atoms with Gasteiger partial charge in [0.15, 0.2) is 0 Å². The van der Waals surface area contributed by atoms with E-state index < -0.39 is 24.3 Å². The fraction of sp³-hybridized carbons (Fsp3) is 0.636. The molecule has 2 heterocycles. The third-order valence-corrected chi connectivity index (χ3v) is 2.62. The van der Waals surface area contributed by atoms with Crippen molar-refractivity contribution >= 4 is 11.9 Å². The SMILES string of the molecule is CN1CCNC1=C1CNC1.O=C(O)C(F)(F)F.O=C(O)C(F)(F)F. The number of nitrogens with zero attached hydrogens (tertiary/aromatic N) is 1. The summed E-state index contributed by atoms with van der Waals surface area (Å²) in [6, 6.07) is 0. The van der Waals surface area contributed by atoms with Crippen LogP contribution >= 0.6 is 0 Å². The standard InChI is InChI=1S/C7H13N3.2C2HF3O2/c1-10-3-2-9-7(10)6-4-8-5-6;2*3-2(4,5)1(6)7/h8-9H,2-5H2,1H3;2*(H,6,7). The maximum absolute atomic E-state index is 10.6. The summed E-state index contributed by atoms with van der Waals surface area (Å²) in [5, 5.41) is 20.9. The van der Waals surface area contributed by atoms with Gasteiger partial charge in [-0.15, -0.1) is 0 Å². The summed E-state index contributed by atoms with van der Waals surface area (Å²) in [6.45, 7) is 4.41. The van der Waals surface area contributed by atoms with Crippen molar-refractivity contribution in [2.45, 2.75) is 12.4 Å². The summed E-state index contributed by atoms with van der Waals surface area (Å²) in [5.74, 6) is -4.15. The number of hydrogen-bond acceptors (Lipinski definition) is 5. The summed E-state index contributed by atoms with van der Waals surface area (Å²) in [6.07, 6.45) is -10.2. The molecule has 0 bridgehead atoms. The molecule has 0 amide bonds. The molecule has 0 unspecified atom stereocenters. The molecule has 0 aromatic carbocycles. The molecule has 2 fully saturated rings. The molecule has 2 aliphatic heterocycles. The Morgan fingerprint density at radius 1 is 1.00 bits per heavy atom. The van der Waals surface area contributed by atoms with Crippen LogP contribution in [0.15, 0.2) is 11.4 Å². The number of rotatable bonds is 0. The van der Waals surface area contributed by atoms with Gasteiger partial charge in [-0.05, 0) is 5.57 Å². The predicted molar refractivity (Wildman–Crippen MR) is 67.9 cm³/mol. The zero-order valence-electron chi connectivity index (χ0n) is 12.3. The molecule has 4 N–H and O–H groups in total. The van der Waals surface area contributed by atoms with Gasteiger partial charge in [0.25, 0.3) is 0 Å². The highest BCUT2D eigenvalue weighted by Crippen LogP contribution is 2.14. The van der Waals surface area contributed by atoms with Gasteiger partial charge in [0.05, 0.1) is 0 Å². The summed E-state index contributed by atoms with van der Waals surface area (Å²) in [7, 11) is 2.14. The zero-order valence-corrected chi connectivity index (χ0v) is 12.3. The van der Waals surface area contributed by atoms with Crippen LogP contribution in [0.5, 0.6) is 0 Å². The van der Waals surface area contributed by atoms with Crippen molar-refractivity contribution in [1.82, 2.24) is 15.5 Å². The van der Waals surface area contributed by atoms with Crippen LogP contribution in [-0.2, 0) is 9.59 Å². The predicted octanol–water partition coefficient (Wildman–Crippen LogP) is 0.603. The van der Waals surface area contributed by atoms with Gasteiger partial charge >= 0.3 is 24.3 Å². The average Bonchev–Trinajstić information content (AvgIpc) is 2.72. The second-order valence-corrected chi connectivity index (χ2v) is 4.51. The smallest absolute Gasteiger partial charge is 0.475 e. The molecule has 2 rings (SSSR count). The van der Waals surface area contributed by atoms with Crippen LogP contribution in [0.1, 0.15) is 0 Å². The summed E-state index contributed by atoms with van der Waals surface area (Å²) in [5.41, 5.74) is 1.53. The van der Waals surface area contributed by atoms with Crippen molar-refractivity contribution in [2.75, 3.05) is 33.2 Å². The van der Waals surface area contributed by atoms with Crippen LogP contribution in [0.3, 0.4) is 0 Å². The van der Waals surface area contributed by atoms with E-state index in [2.05, 4.69) is 22.6 Å². The number of carboxylic acid groups (broad SMARTS) is 2. The zero-order chi connectivity index (χ0) is 19.1. The Hall–Kier alpha value is -2.18. The van der Waals surface area contributed by atoms with Gasteiger partial charge in [-0.1, -0.05) is 0 Å². The van der Waals surface area contributed by atoms with Crippen LogP contribution < -0.4 is 10.6 Å². The van der Waals surface area contributed by atoms with E-state index in [0.717, 1.165) is 26.2 Å². The minimum atomic E-state index is -5.08. The maximum atomic E-state index is 10.6. The van der Waals surface area contributed by atoms with Crippen molar-refractivity contribution in [3.05, 3.63) is 11.4 Å². The van der Waals surface area contributed by atoms with E-state index in [4.69, 9.17) is 19.8 Å². The van der Waals surface area contributed by atoms with E-state index in [9.17, 15) is 26.3 Å². The average molecular weight is 367 g/mol. The van der Waals surface area contributed by atoms with Crippen LogP contribution in [0.25, 0.3) is 0 Å². The van der Waals surface area contributed by atoms with Gasteiger partial charge in [0.1, 0.15) is 5.82 Å². The summed E-state index contributed by atoms with van der Waals surface area (Å²) < 4.78 is 63.5. The lowest BCUT2D eigenvalue weighted by Crippen LogP contribution is -2.38. The molecule has 7 nitrogen and oxygen atoms in total. The quantitative estimate of drug-likeness (QED) is 0.465. The largest absolute Gasteiger partial charge is 0.490 e. The Bertz CT molecular complexity index is 459. The van der Waals surface area contributed by atoms with Crippen molar-refractivity contribution < 1.29 is 46.1 Å². The highest BCUT2D eigenvalue weighted by Gasteiger charge is 2.38. The molecule has 2 saturated heterocycles. The van der Waals surface area contributed by atoms with E-state index in [-0.39, 0.29) is 0 Å². The van der Waals surface area contributed by atoms with Crippen LogP contribution in [0.4, 0.5) is 26.3 Å². The molecule has 0 aliphatic carbocycles. The van der Waals surface area contributed by atoms with Gasteiger partial charge in [-0.3, -0.25) is 0 Å². The third-order valence-electron chi connectivity index (χ3n) is 2.62. The Labute approximate surface area is 131 Å². The fourth-order valence-corrected chi connectivity index (χ4v) is 1.40. The second kappa shape index (κ2) is 8.61. The van der Waals surface area contributed by atoms with Crippen molar-refractivity contribution in [3.8, 4) is 0 Å². The first-order valence-corrected chi connectivity index (χ1v) is 6.24.